The second-order valence-electron chi connectivity index (χ2n) is 5.14. The molecular formula is C16H18N4O3S. The van der Waals surface area contributed by atoms with Crippen LogP contribution in [-0.4, -0.2) is 26.9 Å². The summed E-state index contributed by atoms with van der Waals surface area (Å²) in [7, 11) is -3.30. The van der Waals surface area contributed by atoms with Crippen molar-refractivity contribution in [2.24, 2.45) is 5.10 Å². The number of carbonyl (C=O) groups excluding carboxylic acids is 1. The van der Waals surface area contributed by atoms with Crippen molar-refractivity contribution in [2.45, 2.75) is 6.92 Å². The number of carbonyl (C=O) groups is 1. The fourth-order valence-electron chi connectivity index (χ4n) is 1.88. The van der Waals surface area contributed by atoms with Gasteiger partial charge in [0.25, 0.3) is 0 Å². The van der Waals surface area contributed by atoms with Gasteiger partial charge in [-0.2, -0.15) is 5.10 Å². The standard InChI is InChI=1S/C16H18N4O3S/c1-12-5-3-4-6-15(12)18-16(21)19-17-11-13-7-9-14(10-8-13)20-24(2,22)23/h3-11,20H,1-2H3,(H2,18,19,21)/b17-11+. The van der Waals surface area contributed by atoms with Gasteiger partial charge < -0.3 is 5.32 Å². The minimum atomic E-state index is -3.30. The van der Waals surface area contributed by atoms with Gasteiger partial charge in [0.2, 0.25) is 10.0 Å². The molecule has 2 amide bonds. The number of nitrogens with one attached hydrogen (secondary N) is 3. The van der Waals surface area contributed by atoms with Crippen molar-refractivity contribution < 1.29 is 13.2 Å². The van der Waals surface area contributed by atoms with Crippen LogP contribution in [0.4, 0.5) is 16.2 Å². The lowest BCUT2D eigenvalue weighted by Crippen LogP contribution is -2.24. The normalized spacial score (nSPS) is 11.2. The molecule has 0 fully saturated rings. The first kappa shape index (κ1) is 17.5. The molecule has 0 aliphatic carbocycles. The van der Waals surface area contributed by atoms with Crippen molar-refractivity contribution in [3.05, 3.63) is 59.7 Å². The van der Waals surface area contributed by atoms with Gasteiger partial charge >= 0.3 is 6.03 Å². The van der Waals surface area contributed by atoms with E-state index >= 15 is 0 Å². The van der Waals surface area contributed by atoms with Crippen LogP contribution < -0.4 is 15.5 Å². The largest absolute Gasteiger partial charge is 0.339 e. The third-order valence-electron chi connectivity index (χ3n) is 2.99. The summed E-state index contributed by atoms with van der Waals surface area (Å²) in [5, 5.41) is 6.54. The highest BCUT2D eigenvalue weighted by Gasteiger charge is 2.02. The summed E-state index contributed by atoms with van der Waals surface area (Å²) < 4.78 is 24.6. The predicted molar refractivity (Wildman–Crippen MR) is 95.8 cm³/mol. The van der Waals surface area contributed by atoms with E-state index in [2.05, 4.69) is 20.6 Å². The molecule has 0 unspecified atom stereocenters. The number of benzene rings is 2. The average Bonchev–Trinajstić information content (AvgIpc) is 2.50. The highest BCUT2D eigenvalue weighted by Crippen LogP contribution is 2.12. The van der Waals surface area contributed by atoms with Crippen molar-refractivity contribution in [3.63, 3.8) is 0 Å². The van der Waals surface area contributed by atoms with Gasteiger partial charge in [0.05, 0.1) is 12.5 Å². The van der Waals surface area contributed by atoms with Crippen molar-refractivity contribution in [1.29, 1.82) is 0 Å². The maximum absolute atomic E-state index is 11.8. The lowest BCUT2D eigenvalue weighted by Gasteiger charge is -2.06. The van der Waals surface area contributed by atoms with Gasteiger partial charge in [0.1, 0.15) is 0 Å². The Morgan fingerprint density at radius 3 is 2.38 bits per heavy atom. The Hall–Kier alpha value is -2.87. The molecular weight excluding hydrogens is 328 g/mol. The van der Waals surface area contributed by atoms with E-state index in [1.54, 1.807) is 30.3 Å². The van der Waals surface area contributed by atoms with Crippen LogP contribution in [0.15, 0.2) is 53.6 Å². The van der Waals surface area contributed by atoms with Crippen LogP contribution in [0.3, 0.4) is 0 Å². The predicted octanol–water partition coefficient (Wildman–Crippen LogP) is 2.52. The number of anilines is 2. The van der Waals surface area contributed by atoms with Crippen LogP contribution in [0.1, 0.15) is 11.1 Å². The van der Waals surface area contributed by atoms with Gasteiger partial charge in [-0.1, -0.05) is 30.3 Å². The Bertz CT molecular complexity index is 846. The molecule has 0 radical (unpaired) electrons. The first-order valence-electron chi connectivity index (χ1n) is 7.07. The van der Waals surface area contributed by atoms with E-state index in [0.717, 1.165) is 11.8 Å². The van der Waals surface area contributed by atoms with Crippen molar-refractivity contribution in [1.82, 2.24) is 5.43 Å². The van der Waals surface area contributed by atoms with E-state index in [-0.39, 0.29) is 0 Å². The molecule has 0 bridgehead atoms. The van der Waals surface area contributed by atoms with Crippen molar-refractivity contribution in [3.8, 4) is 0 Å². The van der Waals surface area contributed by atoms with E-state index in [9.17, 15) is 13.2 Å². The molecule has 0 spiro atoms. The number of hydrogen-bond acceptors (Lipinski definition) is 4. The molecule has 8 heteroatoms. The van der Waals surface area contributed by atoms with E-state index in [0.29, 0.717) is 16.9 Å². The molecule has 24 heavy (non-hydrogen) atoms. The molecule has 0 aliphatic rings. The lowest BCUT2D eigenvalue weighted by molar-refractivity contribution is 0.252. The minimum Gasteiger partial charge on any atom is -0.306 e. The third-order valence-corrected chi connectivity index (χ3v) is 3.59. The van der Waals surface area contributed by atoms with E-state index in [1.165, 1.54) is 6.21 Å². The van der Waals surface area contributed by atoms with Gasteiger partial charge in [-0.05, 0) is 36.2 Å². The van der Waals surface area contributed by atoms with Gasteiger partial charge in [-0.25, -0.2) is 18.6 Å². The molecule has 0 heterocycles. The zero-order chi connectivity index (χ0) is 17.6. The minimum absolute atomic E-state index is 0.448. The number of sulfonamides is 1. The molecule has 0 saturated heterocycles. The van der Waals surface area contributed by atoms with Gasteiger partial charge in [0.15, 0.2) is 0 Å². The Morgan fingerprint density at radius 1 is 1.08 bits per heavy atom. The fraction of sp³-hybridized carbons (Fsp3) is 0.125. The number of aryl methyl sites for hydroxylation is 1. The summed E-state index contributed by atoms with van der Waals surface area (Å²) in [5.74, 6) is 0. The summed E-state index contributed by atoms with van der Waals surface area (Å²) in [6.45, 7) is 1.89. The Kier molecular flexibility index (Phi) is 5.54. The van der Waals surface area contributed by atoms with E-state index < -0.39 is 16.1 Å². The summed E-state index contributed by atoms with van der Waals surface area (Å²) >= 11 is 0. The lowest BCUT2D eigenvalue weighted by atomic mass is 10.2. The van der Waals surface area contributed by atoms with Crippen LogP contribution in [0.25, 0.3) is 0 Å². The van der Waals surface area contributed by atoms with Crippen LogP contribution >= 0.6 is 0 Å². The van der Waals surface area contributed by atoms with Crippen molar-refractivity contribution >= 4 is 33.6 Å². The Labute approximate surface area is 140 Å². The van der Waals surface area contributed by atoms with Gasteiger partial charge in [0, 0.05) is 11.4 Å². The van der Waals surface area contributed by atoms with Crippen LogP contribution in [0.5, 0.6) is 0 Å². The summed E-state index contributed by atoms with van der Waals surface area (Å²) in [5.41, 5.74) is 5.20. The highest BCUT2D eigenvalue weighted by atomic mass is 32.2. The van der Waals surface area contributed by atoms with Gasteiger partial charge in [-0.15, -0.1) is 0 Å². The fourth-order valence-corrected chi connectivity index (χ4v) is 2.44. The number of hydrogen-bond donors (Lipinski definition) is 3. The molecule has 0 saturated carbocycles. The first-order chi connectivity index (χ1) is 11.3. The zero-order valence-corrected chi connectivity index (χ0v) is 14.1. The molecule has 2 rings (SSSR count). The van der Waals surface area contributed by atoms with Crippen LogP contribution in [-0.2, 0) is 10.0 Å². The maximum Gasteiger partial charge on any atom is 0.339 e. The smallest absolute Gasteiger partial charge is 0.306 e. The van der Waals surface area contributed by atoms with Crippen LogP contribution in [0.2, 0.25) is 0 Å². The monoisotopic (exact) mass is 346 g/mol. The molecule has 0 atom stereocenters. The average molecular weight is 346 g/mol. The second-order valence-corrected chi connectivity index (χ2v) is 6.88. The molecule has 0 aromatic heterocycles. The maximum atomic E-state index is 11.8. The number of amides is 2. The Morgan fingerprint density at radius 2 is 1.75 bits per heavy atom. The third kappa shape index (κ3) is 5.73. The van der Waals surface area contributed by atoms with E-state index in [4.69, 9.17) is 0 Å². The van der Waals surface area contributed by atoms with E-state index in [1.807, 2.05) is 25.1 Å². The summed E-state index contributed by atoms with van der Waals surface area (Å²) in [4.78, 5) is 11.8. The SMILES string of the molecule is Cc1ccccc1NC(=O)N/N=C/c1ccc(NS(C)(=O)=O)cc1. The number of para-hydroxylation sites is 1. The summed E-state index contributed by atoms with van der Waals surface area (Å²) in [6, 6.07) is 13.5. The molecule has 126 valence electrons. The number of rotatable bonds is 5. The van der Waals surface area contributed by atoms with Gasteiger partial charge in [-0.3, -0.25) is 4.72 Å². The van der Waals surface area contributed by atoms with Crippen molar-refractivity contribution in [2.75, 3.05) is 16.3 Å². The van der Waals surface area contributed by atoms with Crippen LogP contribution in [0, 0.1) is 6.92 Å². The highest BCUT2D eigenvalue weighted by molar-refractivity contribution is 7.92. The number of hydrazone groups is 1. The first-order valence-corrected chi connectivity index (χ1v) is 8.96. The second kappa shape index (κ2) is 7.60. The Balaban J connectivity index is 1.89. The topological polar surface area (TPSA) is 99.7 Å². The zero-order valence-electron chi connectivity index (χ0n) is 13.3. The molecule has 0 aliphatic heterocycles. The number of nitrogens with zero attached hydrogens (tertiary/aromatic N) is 1. The molecule has 7 nitrogen and oxygen atoms in total. The summed E-state index contributed by atoms with van der Waals surface area (Å²) in [6.07, 6.45) is 2.54. The molecule has 2 aromatic rings. The quantitative estimate of drug-likeness (QED) is 0.573. The molecule has 2 aromatic carbocycles. The molecule has 3 N–H and O–H groups in total. The number of urea groups is 1.